The summed E-state index contributed by atoms with van der Waals surface area (Å²) in [6.07, 6.45) is 4.19. The van der Waals surface area contributed by atoms with E-state index in [1.807, 2.05) is 23.1 Å². The van der Waals surface area contributed by atoms with E-state index in [0.717, 1.165) is 23.1 Å². The van der Waals surface area contributed by atoms with Gasteiger partial charge in [-0.3, -0.25) is 19.7 Å². The maximum atomic E-state index is 12.7. The Morgan fingerprint density at radius 1 is 1.03 bits per heavy atom. The molecule has 6 nitrogen and oxygen atoms in total. The number of para-hydroxylation sites is 1. The number of hydrogen-bond acceptors (Lipinski definition) is 5. The zero-order valence-corrected chi connectivity index (χ0v) is 18.2. The molecule has 0 aliphatic carbocycles. The van der Waals surface area contributed by atoms with E-state index in [1.165, 1.54) is 5.56 Å². The molecule has 0 unspecified atom stereocenters. The lowest BCUT2D eigenvalue weighted by Crippen LogP contribution is -2.37. The quantitative estimate of drug-likeness (QED) is 0.453. The Morgan fingerprint density at radius 3 is 2.59 bits per heavy atom. The lowest BCUT2D eigenvalue weighted by atomic mass is 10.1. The molecule has 2 heterocycles. The van der Waals surface area contributed by atoms with Gasteiger partial charge in [0.15, 0.2) is 0 Å². The van der Waals surface area contributed by atoms with Gasteiger partial charge < -0.3 is 10.1 Å². The van der Waals surface area contributed by atoms with E-state index in [2.05, 4.69) is 34.3 Å². The van der Waals surface area contributed by atoms with Gasteiger partial charge >= 0.3 is 0 Å². The van der Waals surface area contributed by atoms with Crippen LogP contribution in [0, 0.1) is 0 Å². The minimum Gasteiger partial charge on any atom is -0.432 e. The second-order valence-corrected chi connectivity index (χ2v) is 8.01. The van der Waals surface area contributed by atoms with Gasteiger partial charge in [-0.05, 0) is 79.7 Å². The third-order valence-corrected chi connectivity index (χ3v) is 5.73. The third-order valence-electron chi connectivity index (χ3n) is 5.45. The summed E-state index contributed by atoms with van der Waals surface area (Å²) >= 11 is 5.57. The van der Waals surface area contributed by atoms with Crippen LogP contribution in [0.15, 0.2) is 79.1 Å². The van der Waals surface area contributed by atoms with Crippen LogP contribution in [-0.2, 0) is 6.42 Å². The highest BCUT2D eigenvalue weighted by Crippen LogP contribution is 2.32. The number of carbonyl (C=O) groups excluding carboxylic acids is 1. The molecule has 0 saturated heterocycles. The number of nitrogens with zero attached hydrogens (tertiary/aromatic N) is 3. The predicted octanol–water partition coefficient (Wildman–Crippen LogP) is 5.00. The molecule has 4 aromatic rings. The van der Waals surface area contributed by atoms with Crippen LogP contribution in [0.3, 0.4) is 0 Å². The van der Waals surface area contributed by atoms with Crippen LogP contribution >= 0.6 is 12.2 Å². The molecule has 32 heavy (non-hydrogen) atoms. The molecular weight excluding hydrogens is 420 g/mol. The molecule has 1 atom stereocenters. The monoisotopic (exact) mass is 440 g/mol. The Labute approximate surface area is 190 Å². The highest BCUT2D eigenvalue weighted by molar-refractivity contribution is 7.80. The number of anilines is 2. The number of nitrogens with one attached hydrogen (secondary N) is 1. The highest BCUT2D eigenvalue weighted by Gasteiger charge is 2.29. The maximum absolute atomic E-state index is 12.7. The lowest BCUT2D eigenvalue weighted by Gasteiger charge is -2.24. The molecule has 0 fully saturated rings. The van der Waals surface area contributed by atoms with Gasteiger partial charge in [-0.1, -0.05) is 18.2 Å². The van der Waals surface area contributed by atoms with Crippen molar-refractivity contribution in [3.05, 3.63) is 90.3 Å². The summed E-state index contributed by atoms with van der Waals surface area (Å²) in [6.45, 7) is 2.13. The van der Waals surface area contributed by atoms with E-state index in [1.54, 1.807) is 48.8 Å². The molecule has 0 bridgehead atoms. The van der Waals surface area contributed by atoms with Gasteiger partial charge in [0.2, 0.25) is 0 Å². The lowest BCUT2D eigenvalue weighted by molar-refractivity contribution is 0.102. The first kappa shape index (κ1) is 20.1. The summed E-state index contributed by atoms with van der Waals surface area (Å²) in [5, 5.41) is 3.29. The van der Waals surface area contributed by atoms with Crippen molar-refractivity contribution >= 4 is 45.7 Å². The summed E-state index contributed by atoms with van der Waals surface area (Å²) in [4.78, 5) is 23.2. The molecule has 0 radical (unpaired) electrons. The van der Waals surface area contributed by atoms with E-state index < -0.39 is 0 Å². The van der Waals surface area contributed by atoms with Crippen LogP contribution in [0.4, 0.5) is 11.4 Å². The Kier molecular flexibility index (Phi) is 5.25. The molecule has 1 aliphatic heterocycles. The van der Waals surface area contributed by atoms with E-state index in [9.17, 15) is 4.79 Å². The standard InChI is InChI=1S/C25H20N4O2S/c1-16-14-18-4-2-3-5-23(18)29(16)25(32)31-20-9-6-17(7-10-20)24(30)28-19-8-11-21-22(15-19)27-13-12-26-21/h2-13,15-16H,14H2,1H3,(H,28,30)/t16-/m0/s1. The fraction of sp³-hybridized carbons (Fsp3) is 0.120. The average molecular weight is 441 g/mol. The Balaban J connectivity index is 1.26. The first-order chi connectivity index (χ1) is 15.6. The normalized spacial score (nSPS) is 14.8. The number of thiocarbonyl (C=S) groups is 1. The van der Waals surface area contributed by atoms with Crippen LogP contribution in [0.25, 0.3) is 11.0 Å². The minimum atomic E-state index is -0.218. The number of carbonyl (C=O) groups is 1. The number of rotatable bonds is 3. The van der Waals surface area contributed by atoms with Gasteiger partial charge in [0.1, 0.15) is 5.75 Å². The minimum absolute atomic E-state index is 0.218. The van der Waals surface area contributed by atoms with Gasteiger partial charge in [-0.2, -0.15) is 0 Å². The molecule has 0 spiro atoms. The SMILES string of the molecule is C[C@H]1Cc2ccccc2N1C(=S)Oc1ccc(C(=O)Nc2ccc3nccnc3c2)cc1. The van der Waals surface area contributed by atoms with Crippen LogP contribution < -0.4 is 15.0 Å². The topological polar surface area (TPSA) is 67.3 Å². The summed E-state index contributed by atoms with van der Waals surface area (Å²) in [5.41, 5.74) is 5.02. The molecule has 3 aromatic carbocycles. The van der Waals surface area contributed by atoms with Crippen molar-refractivity contribution < 1.29 is 9.53 Å². The fourth-order valence-corrected chi connectivity index (χ4v) is 4.29. The van der Waals surface area contributed by atoms with Crippen molar-refractivity contribution in [2.75, 3.05) is 10.2 Å². The van der Waals surface area contributed by atoms with E-state index in [4.69, 9.17) is 17.0 Å². The van der Waals surface area contributed by atoms with Crippen molar-refractivity contribution in [3.63, 3.8) is 0 Å². The molecule has 1 aliphatic rings. The van der Waals surface area contributed by atoms with Gasteiger partial charge in [0.05, 0.1) is 11.0 Å². The Hall–Kier alpha value is -3.84. The Bertz CT molecular complexity index is 1320. The highest BCUT2D eigenvalue weighted by atomic mass is 32.1. The molecule has 5 rings (SSSR count). The average Bonchev–Trinajstić information content (AvgIpc) is 3.15. The first-order valence-corrected chi connectivity index (χ1v) is 10.7. The van der Waals surface area contributed by atoms with Crippen molar-refractivity contribution in [3.8, 4) is 5.75 Å². The van der Waals surface area contributed by atoms with Gasteiger partial charge in [0, 0.05) is 35.4 Å². The van der Waals surface area contributed by atoms with Gasteiger partial charge in [-0.25, -0.2) is 0 Å². The van der Waals surface area contributed by atoms with Crippen molar-refractivity contribution in [2.45, 2.75) is 19.4 Å². The summed E-state index contributed by atoms with van der Waals surface area (Å²) in [5.74, 6) is 0.369. The van der Waals surface area contributed by atoms with Gasteiger partial charge in [-0.15, -0.1) is 0 Å². The van der Waals surface area contributed by atoms with E-state index >= 15 is 0 Å². The van der Waals surface area contributed by atoms with Crippen LogP contribution in [-0.4, -0.2) is 27.1 Å². The van der Waals surface area contributed by atoms with Gasteiger partial charge in [0.25, 0.3) is 11.1 Å². The zero-order chi connectivity index (χ0) is 22.1. The summed E-state index contributed by atoms with van der Waals surface area (Å²) in [7, 11) is 0. The summed E-state index contributed by atoms with van der Waals surface area (Å²) < 4.78 is 5.94. The third kappa shape index (κ3) is 3.90. The molecular formula is C25H20N4O2S. The molecule has 1 N–H and O–H groups in total. The maximum Gasteiger partial charge on any atom is 0.269 e. The second-order valence-electron chi connectivity index (χ2n) is 7.66. The molecule has 1 aromatic heterocycles. The molecule has 0 saturated carbocycles. The molecule has 1 amide bonds. The van der Waals surface area contributed by atoms with Crippen molar-refractivity contribution in [1.29, 1.82) is 0 Å². The molecule has 158 valence electrons. The summed E-state index contributed by atoms with van der Waals surface area (Å²) in [6, 6.07) is 20.8. The fourth-order valence-electron chi connectivity index (χ4n) is 3.91. The van der Waals surface area contributed by atoms with Crippen molar-refractivity contribution in [2.24, 2.45) is 0 Å². The van der Waals surface area contributed by atoms with E-state index in [0.29, 0.717) is 22.2 Å². The van der Waals surface area contributed by atoms with Crippen LogP contribution in [0.1, 0.15) is 22.8 Å². The smallest absolute Gasteiger partial charge is 0.269 e. The molecule has 7 heteroatoms. The largest absolute Gasteiger partial charge is 0.432 e. The number of benzene rings is 3. The van der Waals surface area contributed by atoms with Crippen molar-refractivity contribution in [1.82, 2.24) is 9.97 Å². The first-order valence-electron chi connectivity index (χ1n) is 10.3. The predicted molar refractivity (Wildman–Crippen MR) is 129 cm³/mol. The van der Waals surface area contributed by atoms with Crippen LogP contribution in [0.2, 0.25) is 0 Å². The number of amides is 1. The number of hydrogen-bond donors (Lipinski definition) is 1. The number of aromatic nitrogens is 2. The van der Waals surface area contributed by atoms with E-state index in [-0.39, 0.29) is 11.9 Å². The Morgan fingerprint density at radius 2 is 1.78 bits per heavy atom. The number of fused-ring (bicyclic) bond motifs is 2. The van der Waals surface area contributed by atoms with Crippen LogP contribution in [0.5, 0.6) is 5.75 Å². The number of ether oxygens (including phenoxy) is 1. The zero-order valence-electron chi connectivity index (χ0n) is 17.4. The second kappa shape index (κ2) is 8.36.